The second-order valence-corrected chi connectivity index (χ2v) is 19.1. The highest BCUT2D eigenvalue weighted by molar-refractivity contribution is 7.90. The van der Waals surface area contributed by atoms with E-state index in [2.05, 4.69) is 56.8 Å². The first kappa shape index (κ1) is 35.0. The maximum absolute atomic E-state index is 12.9. The van der Waals surface area contributed by atoms with Gasteiger partial charge in [-0.2, -0.15) is 0 Å². The molecule has 0 bridgehead atoms. The maximum Gasteiger partial charge on any atom is 0.338 e. The van der Waals surface area contributed by atoms with E-state index in [0.29, 0.717) is 27.9 Å². The van der Waals surface area contributed by atoms with Gasteiger partial charge in [0.05, 0.1) is 31.6 Å². The molecule has 44 heavy (non-hydrogen) atoms. The standard InChI is InChI=1S/C31H43N3O8SSi/c1-19(2)44(20(3)4,21(5)6)41-18-24(35)16-33-30(36)28-11-10-27(34-28)22-13-23(31(37)40-7)15-26(14-22)42-25-9-12-29(32-17-25)43(8,38)39/h9-15,17,19-21,24,34-35H,16,18H2,1-8H3,(H,33,36)/t24-/m0/s1. The molecular weight excluding hydrogens is 603 g/mol. The van der Waals surface area contributed by atoms with Gasteiger partial charge >= 0.3 is 5.97 Å². The third kappa shape index (κ3) is 8.34. The van der Waals surface area contributed by atoms with Crippen molar-refractivity contribution in [1.29, 1.82) is 0 Å². The number of sulfone groups is 1. The van der Waals surface area contributed by atoms with E-state index in [9.17, 15) is 23.1 Å². The number of nitrogens with one attached hydrogen (secondary N) is 2. The summed E-state index contributed by atoms with van der Waals surface area (Å²) in [6.45, 7) is 13.2. The van der Waals surface area contributed by atoms with Crippen molar-refractivity contribution in [3.8, 4) is 22.8 Å². The summed E-state index contributed by atoms with van der Waals surface area (Å²) in [5.41, 5.74) is 2.66. The molecule has 0 aliphatic rings. The van der Waals surface area contributed by atoms with Crippen LogP contribution in [-0.4, -0.2) is 76.3 Å². The number of rotatable bonds is 14. The minimum Gasteiger partial charge on any atom is -0.465 e. The Labute approximate surface area is 260 Å². The number of aliphatic hydroxyl groups excluding tert-OH is 1. The smallest absolute Gasteiger partial charge is 0.338 e. The molecule has 0 unspecified atom stereocenters. The number of aromatic nitrogens is 2. The molecule has 3 N–H and O–H groups in total. The summed E-state index contributed by atoms with van der Waals surface area (Å²) in [5, 5.41) is 13.3. The van der Waals surface area contributed by atoms with Crippen LogP contribution in [0.15, 0.2) is 53.7 Å². The number of hydrogen-bond donors (Lipinski definition) is 3. The molecule has 0 radical (unpaired) electrons. The lowest BCUT2D eigenvalue weighted by molar-refractivity contribution is 0.0600. The van der Waals surface area contributed by atoms with Crippen molar-refractivity contribution in [2.75, 3.05) is 26.5 Å². The molecule has 1 atom stereocenters. The number of pyridine rings is 1. The van der Waals surface area contributed by atoms with Gasteiger partial charge in [0.25, 0.3) is 5.91 Å². The third-order valence-corrected chi connectivity index (χ3v) is 14.7. The Bertz CT molecular complexity index is 1530. The number of amides is 1. The predicted molar refractivity (Wildman–Crippen MR) is 170 cm³/mol. The average Bonchev–Trinajstić information content (AvgIpc) is 3.45. The Hall–Kier alpha value is -3.52. The van der Waals surface area contributed by atoms with Crippen molar-refractivity contribution in [3.63, 3.8) is 0 Å². The number of nitrogens with zero attached hydrogens (tertiary/aromatic N) is 1. The van der Waals surface area contributed by atoms with E-state index in [1.54, 1.807) is 24.3 Å². The summed E-state index contributed by atoms with van der Waals surface area (Å²) in [4.78, 5) is 32.3. The molecule has 0 spiro atoms. The molecular formula is C31H43N3O8SSi. The normalized spacial score (nSPS) is 12.9. The van der Waals surface area contributed by atoms with Crippen LogP contribution in [0, 0.1) is 0 Å². The fourth-order valence-corrected chi connectivity index (χ4v) is 11.7. The Morgan fingerprint density at radius 2 is 1.64 bits per heavy atom. The zero-order valence-corrected chi connectivity index (χ0v) is 28.3. The van der Waals surface area contributed by atoms with E-state index in [4.69, 9.17) is 13.9 Å². The van der Waals surface area contributed by atoms with Crippen molar-refractivity contribution >= 4 is 30.0 Å². The molecule has 0 aliphatic carbocycles. The van der Waals surface area contributed by atoms with Gasteiger partial charge in [-0.15, -0.1) is 0 Å². The molecule has 3 rings (SSSR count). The number of ether oxygens (including phenoxy) is 2. The summed E-state index contributed by atoms with van der Waals surface area (Å²) in [5.74, 6) is -0.477. The van der Waals surface area contributed by atoms with Gasteiger partial charge in [0.15, 0.2) is 23.2 Å². The third-order valence-electron chi connectivity index (χ3n) is 7.63. The number of benzene rings is 1. The van der Waals surface area contributed by atoms with E-state index in [0.717, 1.165) is 6.26 Å². The number of aliphatic hydroxyl groups is 1. The molecule has 1 amide bonds. The Kier molecular flexibility index (Phi) is 11.5. The lowest BCUT2D eigenvalue weighted by atomic mass is 10.1. The fraction of sp³-hybridized carbons (Fsp3) is 0.452. The molecule has 1 aromatic carbocycles. The molecule has 0 saturated carbocycles. The number of H-pyrrole nitrogens is 1. The Morgan fingerprint density at radius 3 is 2.18 bits per heavy atom. The van der Waals surface area contributed by atoms with Crippen LogP contribution >= 0.6 is 0 Å². The van der Waals surface area contributed by atoms with Gasteiger partial charge in [0.1, 0.15) is 17.2 Å². The first-order valence-electron chi connectivity index (χ1n) is 14.4. The quantitative estimate of drug-likeness (QED) is 0.155. The minimum absolute atomic E-state index is 0.0217. The maximum atomic E-state index is 12.9. The fourth-order valence-electron chi connectivity index (χ4n) is 5.63. The van der Waals surface area contributed by atoms with Crippen LogP contribution in [0.1, 0.15) is 62.4 Å². The summed E-state index contributed by atoms with van der Waals surface area (Å²) in [6, 6.07) is 10.8. The van der Waals surface area contributed by atoms with Crippen LogP contribution < -0.4 is 10.1 Å². The SMILES string of the molecule is COC(=O)c1cc(Oc2ccc(S(C)(=O)=O)nc2)cc(-c2ccc(C(=O)NC[C@H](O)CO[Si](C(C)C)(C(C)C)C(C)C)[nH]2)c1. The van der Waals surface area contributed by atoms with Crippen LogP contribution in [-0.2, 0) is 19.0 Å². The molecule has 2 heterocycles. The monoisotopic (exact) mass is 645 g/mol. The van der Waals surface area contributed by atoms with E-state index < -0.39 is 36.1 Å². The minimum atomic E-state index is -3.47. The van der Waals surface area contributed by atoms with Crippen LogP contribution in [0.2, 0.25) is 16.6 Å². The van der Waals surface area contributed by atoms with E-state index in [1.165, 1.54) is 31.5 Å². The molecule has 0 fully saturated rings. The number of hydrogen-bond acceptors (Lipinski definition) is 9. The van der Waals surface area contributed by atoms with Crippen molar-refractivity contribution in [1.82, 2.24) is 15.3 Å². The second-order valence-electron chi connectivity index (χ2n) is 11.7. The molecule has 240 valence electrons. The highest BCUT2D eigenvalue weighted by Gasteiger charge is 2.45. The highest BCUT2D eigenvalue weighted by atomic mass is 32.2. The molecule has 0 saturated heterocycles. The number of carbonyl (C=O) groups excluding carboxylic acids is 2. The van der Waals surface area contributed by atoms with E-state index in [1.807, 2.05) is 0 Å². The number of carbonyl (C=O) groups is 2. The summed E-state index contributed by atoms with van der Waals surface area (Å²) in [6.07, 6.45) is 1.46. The molecule has 2 aromatic heterocycles. The van der Waals surface area contributed by atoms with Gasteiger partial charge in [0, 0.05) is 24.1 Å². The average molecular weight is 646 g/mol. The van der Waals surface area contributed by atoms with Crippen LogP contribution in [0.25, 0.3) is 11.3 Å². The van der Waals surface area contributed by atoms with Crippen molar-refractivity contribution in [2.45, 2.75) is 69.3 Å². The van der Waals surface area contributed by atoms with Crippen molar-refractivity contribution < 1.29 is 37.0 Å². The molecule has 13 heteroatoms. The summed E-state index contributed by atoms with van der Waals surface area (Å²) in [7, 11) is -4.36. The first-order valence-corrected chi connectivity index (χ1v) is 18.5. The van der Waals surface area contributed by atoms with Gasteiger partial charge in [-0.3, -0.25) is 4.79 Å². The molecule has 3 aromatic rings. The van der Waals surface area contributed by atoms with Gasteiger partial charge < -0.3 is 29.3 Å². The van der Waals surface area contributed by atoms with Gasteiger partial charge in [-0.25, -0.2) is 18.2 Å². The topological polar surface area (TPSA) is 157 Å². The van der Waals surface area contributed by atoms with Gasteiger partial charge in [-0.05, 0) is 59.1 Å². The first-order chi connectivity index (χ1) is 20.6. The highest BCUT2D eigenvalue weighted by Crippen LogP contribution is 2.42. The second kappa shape index (κ2) is 14.5. The predicted octanol–water partition coefficient (Wildman–Crippen LogP) is 5.34. The van der Waals surface area contributed by atoms with E-state index in [-0.39, 0.29) is 40.9 Å². The number of esters is 1. The van der Waals surface area contributed by atoms with Crippen molar-refractivity contribution in [2.24, 2.45) is 0 Å². The number of aromatic amines is 1. The lowest BCUT2D eigenvalue weighted by Crippen LogP contribution is -2.50. The summed E-state index contributed by atoms with van der Waals surface area (Å²) >= 11 is 0. The van der Waals surface area contributed by atoms with Gasteiger partial charge in [0.2, 0.25) is 0 Å². The Morgan fingerprint density at radius 1 is 0.977 bits per heavy atom. The van der Waals surface area contributed by atoms with Gasteiger partial charge in [-0.1, -0.05) is 41.5 Å². The van der Waals surface area contributed by atoms with Crippen LogP contribution in [0.4, 0.5) is 0 Å². The largest absolute Gasteiger partial charge is 0.465 e. The summed E-state index contributed by atoms with van der Waals surface area (Å²) < 4.78 is 40.6. The van der Waals surface area contributed by atoms with Crippen LogP contribution in [0.5, 0.6) is 11.5 Å². The van der Waals surface area contributed by atoms with Crippen LogP contribution in [0.3, 0.4) is 0 Å². The lowest BCUT2D eigenvalue weighted by Gasteiger charge is -2.42. The Balaban J connectivity index is 1.73. The van der Waals surface area contributed by atoms with E-state index >= 15 is 0 Å². The molecule has 0 aliphatic heterocycles. The van der Waals surface area contributed by atoms with Crippen molar-refractivity contribution in [3.05, 3.63) is 59.9 Å². The number of methoxy groups -OCH3 is 1. The zero-order valence-electron chi connectivity index (χ0n) is 26.5. The molecule has 11 nitrogen and oxygen atoms in total. The zero-order chi connectivity index (χ0) is 32.8.